The molecule has 1 fully saturated rings. The predicted molar refractivity (Wildman–Crippen MR) is 94.2 cm³/mol. The van der Waals surface area contributed by atoms with Gasteiger partial charge >= 0.3 is 0 Å². The van der Waals surface area contributed by atoms with Crippen LogP contribution in [0.5, 0.6) is 0 Å². The molecule has 0 radical (unpaired) electrons. The van der Waals surface area contributed by atoms with E-state index in [0.29, 0.717) is 0 Å². The van der Waals surface area contributed by atoms with Gasteiger partial charge in [0, 0.05) is 11.8 Å². The van der Waals surface area contributed by atoms with Gasteiger partial charge in [-0.2, -0.15) is 5.10 Å². The quantitative estimate of drug-likeness (QED) is 0.840. The summed E-state index contributed by atoms with van der Waals surface area (Å²) < 4.78 is 0. The third-order valence-corrected chi connectivity index (χ3v) is 4.70. The molecule has 1 aromatic heterocycles. The molecule has 0 spiro atoms. The molecule has 2 unspecified atom stereocenters. The second kappa shape index (κ2) is 8.63. The fourth-order valence-corrected chi connectivity index (χ4v) is 3.04. The van der Waals surface area contributed by atoms with Crippen LogP contribution in [0.4, 0.5) is 0 Å². The van der Waals surface area contributed by atoms with E-state index in [1.54, 1.807) is 13.1 Å². The van der Waals surface area contributed by atoms with Gasteiger partial charge in [0.25, 0.3) is 0 Å². The molecule has 3 N–H and O–H groups in total. The third-order valence-electron chi connectivity index (χ3n) is 4.70. The summed E-state index contributed by atoms with van der Waals surface area (Å²) in [7, 11) is 0. The molecule has 23 heavy (non-hydrogen) atoms. The molecule has 1 heterocycles. The summed E-state index contributed by atoms with van der Waals surface area (Å²) in [6.45, 7) is 4.79. The summed E-state index contributed by atoms with van der Waals surface area (Å²) in [4.78, 5) is 11.0. The minimum absolute atomic E-state index is 0.0844. The van der Waals surface area contributed by atoms with Crippen molar-refractivity contribution in [3.63, 3.8) is 0 Å². The van der Waals surface area contributed by atoms with Crippen LogP contribution in [-0.2, 0) is 0 Å². The topological polar surface area (TPSA) is 71.8 Å². The second-order valence-electron chi connectivity index (χ2n) is 6.36. The Kier molecular flexibility index (Phi) is 6.53. The van der Waals surface area contributed by atoms with Crippen molar-refractivity contribution in [2.45, 2.75) is 39.5 Å². The Morgan fingerprint density at radius 1 is 1.22 bits per heavy atom. The van der Waals surface area contributed by atoms with E-state index >= 15 is 0 Å². The Labute approximate surface area is 138 Å². The van der Waals surface area contributed by atoms with E-state index in [1.165, 1.54) is 25.7 Å². The lowest BCUT2D eigenvalue weighted by molar-refractivity contribution is 0.101. The van der Waals surface area contributed by atoms with Crippen LogP contribution >= 0.6 is 0 Å². The minimum atomic E-state index is 0.0844. The van der Waals surface area contributed by atoms with Crippen molar-refractivity contribution in [2.75, 3.05) is 6.54 Å². The van der Waals surface area contributed by atoms with E-state index in [1.807, 2.05) is 30.3 Å². The molecule has 1 aliphatic carbocycles. The monoisotopic (exact) mass is 313 g/mol. The smallest absolute Gasteiger partial charge is 0.159 e. The van der Waals surface area contributed by atoms with Gasteiger partial charge < -0.3 is 5.73 Å². The molecule has 0 saturated heterocycles. The number of rotatable bonds is 3. The van der Waals surface area contributed by atoms with Crippen molar-refractivity contribution in [3.05, 3.63) is 42.1 Å². The number of aromatic amines is 1. The number of nitrogens with zero attached hydrogens (tertiary/aromatic N) is 1. The van der Waals surface area contributed by atoms with Gasteiger partial charge in [-0.3, -0.25) is 9.89 Å². The molecule has 0 amide bonds. The zero-order valence-electron chi connectivity index (χ0n) is 14.1. The Morgan fingerprint density at radius 2 is 1.91 bits per heavy atom. The summed E-state index contributed by atoms with van der Waals surface area (Å²) in [6.07, 6.45) is 7.32. The second-order valence-corrected chi connectivity index (χ2v) is 6.36. The zero-order chi connectivity index (χ0) is 16.7. The van der Waals surface area contributed by atoms with Crippen molar-refractivity contribution < 1.29 is 4.79 Å². The van der Waals surface area contributed by atoms with Crippen LogP contribution in [0.1, 0.15) is 49.9 Å². The summed E-state index contributed by atoms with van der Waals surface area (Å²) in [5.41, 5.74) is 8.32. The van der Waals surface area contributed by atoms with E-state index in [0.717, 1.165) is 35.2 Å². The number of carbonyl (C=O) groups excluding carboxylic acids is 1. The lowest BCUT2D eigenvalue weighted by Crippen LogP contribution is -2.24. The third kappa shape index (κ3) is 5.03. The van der Waals surface area contributed by atoms with Crippen molar-refractivity contribution >= 4 is 5.78 Å². The summed E-state index contributed by atoms with van der Waals surface area (Å²) in [6, 6.07) is 9.34. The van der Waals surface area contributed by atoms with Crippen LogP contribution in [0.25, 0.3) is 11.3 Å². The maximum absolute atomic E-state index is 11.0. The van der Waals surface area contributed by atoms with E-state index in [4.69, 9.17) is 5.73 Å². The van der Waals surface area contributed by atoms with Crippen LogP contribution in [0.2, 0.25) is 0 Å². The fourth-order valence-electron chi connectivity index (χ4n) is 3.04. The van der Waals surface area contributed by atoms with Gasteiger partial charge in [0.2, 0.25) is 0 Å². The molecular formula is C19H27N3O. The van der Waals surface area contributed by atoms with Crippen LogP contribution < -0.4 is 5.73 Å². The first-order valence-corrected chi connectivity index (χ1v) is 8.42. The maximum atomic E-state index is 11.0. The Hall–Kier alpha value is -1.94. The van der Waals surface area contributed by atoms with Crippen molar-refractivity contribution in [1.29, 1.82) is 0 Å². The number of hydrogen-bond donors (Lipinski definition) is 2. The minimum Gasteiger partial charge on any atom is -0.330 e. The first-order chi connectivity index (χ1) is 11.1. The zero-order valence-corrected chi connectivity index (χ0v) is 14.1. The standard InChI is InChI=1S/C11H10N2O.C8H17N/c1-8(14)9-2-4-10(5-3-9)11-6-7-12-13-11;1-7-4-2-3-5-8(7)6-9/h2-7H,1H3,(H,12,13);7-8H,2-6,9H2,1H3. The average Bonchev–Trinajstić information content (AvgIpc) is 3.10. The van der Waals surface area contributed by atoms with E-state index in [-0.39, 0.29) is 5.78 Å². The van der Waals surface area contributed by atoms with Crippen LogP contribution in [0.15, 0.2) is 36.5 Å². The van der Waals surface area contributed by atoms with Gasteiger partial charge in [0.05, 0.1) is 5.69 Å². The largest absolute Gasteiger partial charge is 0.330 e. The number of nitrogens with two attached hydrogens (primary N) is 1. The highest BCUT2D eigenvalue weighted by molar-refractivity contribution is 5.94. The van der Waals surface area contributed by atoms with Crippen LogP contribution in [-0.4, -0.2) is 22.5 Å². The lowest BCUT2D eigenvalue weighted by atomic mass is 9.81. The average molecular weight is 313 g/mol. The van der Waals surface area contributed by atoms with Crippen molar-refractivity contribution in [1.82, 2.24) is 10.2 Å². The number of benzene rings is 1. The predicted octanol–water partition coefficient (Wildman–Crippen LogP) is 4.05. The summed E-state index contributed by atoms with van der Waals surface area (Å²) >= 11 is 0. The molecule has 0 aliphatic heterocycles. The Balaban J connectivity index is 0.000000185. The van der Waals surface area contributed by atoms with Crippen molar-refractivity contribution in [2.24, 2.45) is 17.6 Å². The van der Waals surface area contributed by atoms with Crippen LogP contribution in [0, 0.1) is 11.8 Å². The molecule has 4 nitrogen and oxygen atoms in total. The van der Waals surface area contributed by atoms with Gasteiger partial charge in [-0.1, -0.05) is 50.5 Å². The maximum Gasteiger partial charge on any atom is 0.159 e. The van der Waals surface area contributed by atoms with E-state index in [9.17, 15) is 4.79 Å². The van der Waals surface area contributed by atoms with E-state index in [2.05, 4.69) is 17.1 Å². The Morgan fingerprint density at radius 3 is 2.39 bits per heavy atom. The SMILES string of the molecule is CC(=O)c1ccc(-c2ccn[nH]2)cc1.CC1CCCCC1CN. The fraction of sp³-hybridized carbons (Fsp3) is 0.474. The molecule has 124 valence electrons. The van der Waals surface area contributed by atoms with Gasteiger partial charge in [0.1, 0.15) is 0 Å². The highest BCUT2D eigenvalue weighted by Crippen LogP contribution is 2.28. The number of H-pyrrole nitrogens is 1. The van der Waals surface area contributed by atoms with E-state index < -0.39 is 0 Å². The van der Waals surface area contributed by atoms with Gasteiger partial charge in [-0.25, -0.2) is 0 Å². The molecule has 1 aromatic carbocycles. The first kappa shape index (κ1) is 17.4. The van der Waals surface area contributed by atoms with Crippen LogP contribution in [0.3, 0.4) is 0 Å². The number of Topliss-reactive ketones (excluding diaryl/α,β-unsaturated/α-hetero) is 1. The van der Waals surface area contributed by atoms with Gasteiger partial charge in [-0.15, -0.1) is 0 Å². The normalized spacial score (nSPS) is 20.5. The molecule has 4 heteroatoms. The number of carbonyl (C=O) groups is 1. The summed E-state index contributed by atoms with van der Waals surface area (Å²) in [5.74, 6) is 1.81. The molecule has 2 atom stereocenters. The molecule has 1 aliphatic rings. The van der Waals surface area contributed by atoms with Crippen molar-refractivity contribution in [3.8, 4) is 11.3 Å². The molecular weight excluding hydrogens is 286 g/mol. The number of ketones is 1. The molecule has 2 aromatic rings. The number of nitrogens with one attached hydrogen (secondary N) is 1. The molecule has 0 bridgehead atoms. The number of aromatic nitrogens is 2. The molecule has 3 rings (SSSR count). The number of hydrogen-bond acceptors (Lipinski definition) is 3. The first-order valence-electron chi connectivity index (χ1n) is 8.42. The lowest BCUT2D eigenvalue weighted by Gasteiger charge is -2.27. The highest BCUT2D eigenvalue weighted by Gasteiger charge is 2.18. The van der Waals surface area contributed by atoms with Gasteiger partial charge in [0.15, 0.2) is 5.78 Å². The Bertz CT molecular complexity index is 590. The molecule has 1 saturated carbocycles. The highest BCUT2D eigenvalue weighted by atomic mass is 16.1. The summed E-state index contributed by atoms with van der Waals surface area (Å²) in [5, 5.41) is 6.73. The van der Waals surface area contributed by atoms with Gasteiger partial charge in [-0.05, 0) is 43.4 Å².